The molecule has 1 aromatic carbocycles. The Kier molecular flexibility index (Phi) is 4.35. The maximum absolute atomic E-state index is 13.7. The van der Waals surface area contributed by atoms with E-state index in [9.17, 15) is 22.0 Å². The second kappa shape index (κ2) is 6.61. The first-order chi connectivity index (χ1) is 13.3. The summed E-state index contributed by atoms with van der Waals surface area (Å²) in [6, 6.07) is 4.65. The lowest BCUT2D eigenvalue weighted by Crippen LogP contribution is -2.07. The van der Waals surface area contributed by atoms with Gasteiger partial charge in [0.1, 0.15) is 0 Å². The van der Waals surface area contributed by atoms with Crippen molar-refractivity contribution in [2.45, 2.75) is 31.5 Å². The Morgan fingerprint density at radius 3 is 2.50 bits per heavy atom. The lowest BCUT2D eigenvalue weighted by molar-refractivity contribution is -0.136. The summed E-state index contributed by atoms with van der Waals surface area (Å²) >= 11 is 0. The van der Waals surface area contributed by atoms with Gasteiger partial charge >= 0.3 is 12.8 Å². The first kappa shape index (κ1) is 18.5. The van der Waals surface area contributed by atoms with Gasteiger partial charge < -0.3 is 14.0 Å². The first-order valence-electron chi connectivity index (χ1n) is 8.28. The molecule has 10 heteroatoms. The number of benzene rings is 1. The number of methoxy groups -OCH3 is 1. The average molecular weight is 400 g/mol. The minimum Gasteiger partial charge on any atom is -0.493 e. The molecule has 5 nitrogen and oxygen atoms in total. The van der Waals surface area contributed by atoms with Crippen molar-refractivity contribution in [2.75, 3.05) is 7.11 Å². The number of ether oxygens (including phenoxy) is 2. The number of hydrogen-bond acceptors (Lipinski definition) is 5. The summed E-state index contributed by atoms with van der Waals surface area (Å²) in [5.74, 6) is -0.362. The van der Waals surface area contributed by atoms with Crippen molar-refractivity contribution in [2.24, 2.45) is 0 Å². The van der Waals surface area contributed by atoms with Crippen LogP contribution in [0.2, 0.25) is 0 Å². The highest BCUT2D eigenvalue weighted by molar-refractivity contribution is 5.85. The molecule has 2 aromatic heterocycles. The van der Waals surface area contributed by atoms with Crippen molar-refractivity contribution in [1.82, 2.24) is 10.1 Å². The van der Waals surface area contributed by atoms with E-state index in [1.54, 1.807) is 0 Å². The fraction of sp³-hybridized carbons (Fsp3) is 0.333. The van der Waals surface area contributed by atoms with E-state index in [-0.39, 0.29) is 45.5 Å². The SMILES string of the molecule is COc1cc(-c2cc(C(F)(F)F)c3c(C4CC4)noc3n2)ccc1OC(F)F. The van der Waals surface area contributed by atoms with Gasteiger partial charge in [-0.1, -0.05) is 5.16 Å². The molecular formula is C18H13F5N2O3. The minimum absolute atomic E-state index is 0.0547. The van der Waals surface area contributed by atoms with Crippen LogP contribution < -0.4 is 9.47 Å². The number of rotatable bonds is 5. The van der Waals surface area contributed by atoms with E-state index in [2.05, 4.69) is 14.9 Å². The van der Waals surface area contributed by atoms with Gasteiger partial charge in [0.05, 0.1) is 29.4 Å². The molecule has 0 unspecified atom stereocenters. The lowest BCUT2D eigenvalue weighted by atomic mass is 10.0. The second-order valence-corrected chi connectivity index (χ2v) is 6.32. The zero-order valence-electron chi connectivity index (χ0n) is 14.4. The molecular weight excluding hydrogens is 387 g/mol. The van der Waals surface area contributed by atoms with Gasteiger partial charge in [-0.05, 0) is 37.1 Å². The molecule has 0 aliphatic heterocycles. The van der Waals surface area contributed by atoms with E-state index in [1.807, 2.05) is 0 Å². The molecule has 0 spiro atoms. The normalized spacial score (nSPS) is 14.7. The lowest BCUT2D eigenvalue weighted by Gasteiger charge is -2.13. The van der Waals surface area contributed by atoms with Crippen LogP contribution in [0.25, 0.3) is 22.4 Å². The number of pyridine rings is 1. The third-order valence-electron chi connectivity index (χ3n) is 4.42. The summed E-state index contributed by atoms with van der Waals surface area (Å²) in [5.41, 5.74) is -0.698. The molecule has 28 heavy (non-hydrogen) atoms. The van der Waals surface area contributed by atoms with Crippen LogP contribution >= 0.6 is 0 Å². The number of fused-ring (bicyclic) bond motifs is 1. The molecule has 148 valence electrons. The fourth-order valence-corrected chi connectivity index (χ4v) is 3.00. The molecule has 1 aliphatic carbocycles. The number of alkyl halides is 5. The Balaban J connectivity index is 1.85. The Bertz CT molecular complexity index is 1030. The second-order valence-electron chi connectivity index (χ2n) is 6.32. The number of halogens is 5. The van der Waals surface area contributed by atoms with Crippen LogP contribution in [0.1, 0.15) is 30.0 Å². The van der Waals surface area contributed by atoms with Crippen molar-refractivity contribution >= 4 is 11.1 Å². The van der Waals surface area contributed by atoms with Crippen molar-refractivity contribution in [1.29, 1.82) is 0 Å². The van der Waals surface area contributed by atoms with Crippen LogP contribution in [0, 0.1) is 0 Å². The monoisotopic (exact) mass is 400 g/mol. The van der Waals surface area contributed by atoms with E-state index >= 15 is 0 Å². The van der Waals surface area contributed by atoms with E-state index in [1.165, 1.54) is 25.3 Å². The van der Waals surface area contributed by atoms with Crippen LogP contribution in [0.5, 0.6) is 11.5 Å². The average Bonchev–Trinajstić information content (AvgIpc) is 3.39. The van der Waals surface area contributed by atoms with Crippen molar-refractivity contribution in [3.05, 3.63) is 35.5 Å². The molecule has 2 heterocycles. The van der Waals surface area contributed by atoms with Gasteiger partial charge in [0, 0.05) is 11.5 Å². The Morgan fingerprint density at radius 2 is 1.89 bits per heavy atom. The van der Waals surface area contributed by atoms with Crippen LogP contribution in [-0.4, -0.2) is 23.9 Å². The highest BCUT2D eigenvalue weighted by Crippen LogP contribution is 2.46. The molecule has 0 saturated heterocycles. The fourth-order valence-electron chi connectivity index (χ4n) is 3.00. The standard InChI is InChI=1S/C18H13F5N2O3/c1-26-13-6-9(4-5-12(13)27-17(19)20)11-7-10(18(21,22)23)14-15(8-2-3-8)25-28-16(14)24-11/h4-8,17H,2-3H2,1H3. The van der Waals surface area contributed by atoms with Gasteiger partial charge in [-0.25, -0.2) is 4.98 Å². The Hall–Kier alpha value is -2.91. The maximum atomic E-state index is 13.7. The molecule has 1 fully saturated rings. The molecule has 0 bridgehead atoms. The van der Waals surface area contributed by atoms with E-state index in [0.29, 0.717) is 0 Å². The molecule has 4 rings (SSSR count). The highest BCUT2D eigenvalue weighted by Gasteiger charge is 2.39. The van der Waals surface area contributed by atoms with Crippen molar-refractivity contribution in [3.63, 3.8) is 0 Å². The van der Waals surface area contributed by atoms with E-state index in [4.69, 9.17) is 9.26 Å². The first-order valence-corrected chi connectivity index (χ1v) is 8.28. The van der Waals surface area contributed by atoms with Gasteiger partial charge in [0.2, 0.25) is 0 Å². The third kappa shape index (κ3) is 3.34. The van der Waals surface area contributed by atoms with Crippen LogP contribution in [-0.2, 0) is 6.18 Å². The molecule has 1 aliphatic rings. The summed E-state index contributed by atoms with van der Waals surface area (Å²) in [6.45, 7) is -3.07. The zero-order valence-corrected chi connectivity index (χ0v) is 14.4. The minimum atomic E-state index is -4.64. The van der Waals surface area contributed by atoms with Gasteiger partial charge in [-0.3, -0.25) is 0 Å². The van der Waals surface area contributed by atoms with Crippen LogP contribution in [0.4, 0.5) is 22.0 Å². The summed E-state index contributed by atoms with van der Waals surface area (Å²) < 4.78 is 80.3. The van der Waals surface area contributed by atoms with Crippen molar-refractivity contribution in [3.8, 4) is 22.8 Å². The summed E-state index contributed by atoms with van der Waals surface area (Å²) in [6.07, 6.45) is -3.14. The highest BCUT2D eigenvalue weighted by atomic mass is 19.4. The van der Waals surface area contributed by atoms with Gasteiger partial charge in [-0.2, -0.15) is 22.0 Å². The summed E-state index contributed by atoms with van der Waals surface area (Å²) in [5, 5.41) is 3.65. The van der Waals surface area contributed by atoms with Gasteiger partial charge in [-0.15, -0.1) is 0 Å². The molecule has 0 radical (unpaired) electrons. The van der Waals surface area contributed by atoms with Crippen LogP contribution in [0.3, 0.4) is 0 Å². The predicted molar refractivity (Wildman–Crippen MR) is 87.4 cm³/mol. The van der Waals surface area contributed by atoms with E-state index < -0.39 is 18.4 Å². The zero-order chi connectivity index (χ0) is 20.1. The van der Waals surface area contributed by atoms with Gasteiger partial charge in [0.25, 0.3) is 5.71 Å². The van der Waals surface area contributed by atoms with Crippen molar-refractivity contribution < 1.29 is 35.9 Å². The van der Waals surface area contributed by atoms with E-state index in [0.717, 1.165) is 18.9 Å². The maximum Gasteiger partial charge on any atom is 0.417 e. The Labute approximate surface area is 155 Å². The largest absolute Gasteiger partial charge is 0.493 e. The number of aromatic nitrogens is 2. The summed E-state index contributed by atoms with van der Waals surface area (Å²) in [7, 11) is 1.23. The Morgan fingerprint density at radius 1 is 1.14 bits per heavy atom. The third-order valence-corrected chi connectivity index (χ3v) is 4.42. The summed E-state index contributed by atoms with van der Waals surface area (Å²) in [4.78, 5) is 4.14. The predicted octanol–water partition coefficient (Wildman–Crippen LogP) is 5.40. The molecule has 0 atom stereocenters. The smallest absolute Gasteiger partial charge is 0.417 e. The van der Waals surface area contributed by atoms with Crippen LogP contribution in [0.15, 0.2) is 28.8 Å². The quantitative estimate of drug-likeness (QED) is 0.537. The topological polar surface area (TPSA) is 57.4 Å². The number of nitrogens with zero attached hydrogens (tertiary/aromatic N) is 2. The molecule has 3 aromatic rings. The molecule has 1 saturated carbocycles. The molecule has 0 amide bonds. The molecule has 0 N–H and O–H groups in total. The number of hydrogen-bond donors (Lipinski definition) is 0. The van der Waals surface area contributed by atoms with Gasteiger partial charge in [0.15, 0.2) is 11.5 Å².